The first-order chi connectivity index (χ1) is 6.24. The zero-order chi connectivity index (χ0) is 9.68. The van der Waals surface area contributed by atoms with E-state index in [1.165, 1.54) is 5.56 Å². The smallest absolute Gasteiger partial charge is 0.0512 e. The molecular weight excluding hydrogens is 242 g/mol. The molecule has 14 heavy (non-hydrogen) atoms. The van der Waals surface area contributed by atoms with Crippen molar-refractivity contribution in [2.75, 3.05) is 27.2 Å². The number of hydrogen-bond donors (Lipinski definition) is 1. The van der Waals surface area contributed by atoms with Gasteiger partial charge in [0.15, 0.2) is 0 Å². The van der Waals surface area contributed by atoms with Crippen LogP contribution < -0.4 is 0 Å². The molecule has 0 heterocycles. The van der Waals surface area contributed by atoms with Gasteiger partial charge < -0.3 is 10.0 Å². The minimum absolute atomic E-state index is 0. The summed E-state index contributed by atoms with van der Waals surface area (Å²) in [5.74, 6) is 0.233. The van der Waals surface area contributed by atoms with Crippen LogP contribution in [0.5, 0.6) is 0 Å². The molecule has 0 fully saturated rings. The molecule has 1 atom stereocenters. The van der Waals surface area contributed by atoms with Gasteiger partial charge in [-0.1, -0.05) is 30.3 Å². The van der Waals surface area contributed by atoms with E-state index in [-0.39, 0.29) is 29.5 Å². The van der Waals surface area contributed by atoms with Gasteiger partial charge in [-0.25, -0.2) is 0 Å². The summed E-state index contributed by atoms with van der Waals surface area (Å²) < 4.78 is 0. The molecule has 0 radical (unpaired) electrons. The number of aliphatic hydroxyl groups excluding tert-OH is 1. The number of aliphatic hydroxyl groups is 1. The lowest BCUT2D eigenvalue weighted by Crippen LogP contribution is -2.22. The average Bonchev–Trinajstić information content (AvgIpc) is 2.15. The van der Waals surface area contributed by atoms with Crippen molar-refractivity contribution < 1.29 is 5.11 Å². The van der Waals surface area contributed by atoms with Crippen LogP contribution >= 0.6 is 17.0 Å². The second-order valence-corrected chi connectivity index (χ2v) is 3.55. The van der Waals surface area contributed by atoms with Gasteiger partial charge in [-0.3, -0.25) is 0 Å². The Morgan fingerprint density at radius 1 is 1.21 bits per heavy atom. The van der Waals surface area contributed by atoms with Gasteiger partial charge in [-0.2, -0.15) is 0 Å². The Balaban J connectivity index is 0.00000169. The predicted octanol–water partition coefficient (Wildman–Crippen LogP) is 1.90. The lowest BCUT2D eigenvalue weighted by atomic mass is 10.00. The molecule has 1 N–H and O–H groups in total. The summed E-state index contributed by atoms with van der Waals surface area (Å²) in [5.41, 5.74) is 1.21. The third-order valence-electron chi connectivity index (χ3n) is 2.08. The summed E-state index contributed by atoms with van der Waals surface area (Å²) in [4.78, 5) is 2.09. The van der Waals surface area contributed by atoms with Crippen molar-refractivity contribution in [2.45, 2.75) is 5.92 Å². The number of nitrogens with zero attached hydrogens (tertiary/aromatic N) is 1. The quantitative estimate of drug-likeness (QED) is 0.893. The van der Waals surface area contributed by atoms with E-state index >= 15 is 0 Å². The van der Waals surface area contributed by atoms with Crippen molar-refractivity contribution in [3.05, 3.63) is 35.9 Å². The fourth-order valence-electron chi connectivity index (χ4n) is 1.43. The molecular formula is C11H18BrNO. The van der Waals surface area contributed by atoms with Gasteiger partial charge in [-0.15, -0.1) is 17.0 Å². The van der Waals surface area contributed by atoms with Crippen molar-refractivity contribution in [1.29, 1.82) is 0 Å². The van der Waals surface area contributed by atoms with Gasteiger partial charge in [0.2, 0.25) is 0 Å². The third kappa shape index (κ3) is 4.22. The molecule has 0 spiro atoms. The summed E-state index contributed by atoms with van der Waals surface area (Å²) in [6, 6.07) is 10.1. The molecule has 0 amide bonds. The molecule has 0 saturated heterocycles. The highest BCUT2D eigenvalue weighted by Crippen LogP contribution is 2.14. The van der Waals surface area contributed by atoms with Crippen molar-refractivity contribution >= 4 is 17.0 Å². The second-order valence-electron chi connectivity index (χ2n) is 3.55. The first-order valence-electron chi connectivity index (χ1n) is 4.54. The maximum Gasteiger partial charge on any atom is 0.0512 e. The van der Waals surface area contributed by atoms with Crippen LogP contribution in [-0.2, 0) is 0 Å². The van der Waals surface area contributed by atoms with E-state index in [9.17, 15) is 5.11 Å². The molecule has 0 aliphatic carbocycles. The highest BCUT2D eigenvalue weighted by molar-refractivity contribution is 8.93. The van der Waals surface area contributed by atoms with Crippen LogP contribution in [-0.4, -0.2) is 37.3 Å². The summed E-state index contributed by atoms with van der Waals surface area (Å²) in [6.07, 6.45) is 0. The Morgan fingerprint density at radius 3 is 2.21 bits per heavy atom. The number of halogens is 1. The molecule has 2 nitrogen and oxygen atoms in total. The number of likely N-dealkylation sites (N-methyl/N-ethyl adjacent to an activating group) is 1. The highest BCUT2D eigenvalue weighted by Gasteiger charge is 2.10. The first-order valence-corrected chi connectivity index (χ1v) is 4.54. The Kier molecular flexibility index (Phi) is 6.79. The summed E-state index contributed by atoms with van der Waals surface area (Å²) in [6.45, 7) is 1.10. The lowest BCUT2D eigenvalue weighted by Gasteiger charge is -2.19. The summed E-state index contributed by atoms with van der Waals surface area (Å²) >= 11 is 0. The van der Waals surface area contributed by atoms with Crippen LogP contribution in [0.1, 0.15) is 11.5 Å². The Bertz CT molecular complexity index is 238. The Hall–Kier alpha value is -0.380. The van der Waals surface area contributed by atoms with Crippen LogP contribution in [0.2, 0.25) is 0 Å². The maximum atomic E-state index is 9.20. The third-order valence-corrected chi connectivity index (χ3v) is 2.08. The standard InChI is InChI=1S/C11H17NO.BrH/c1-12(2)8-11(9-13)10-6-4-3-5-7-10;/h3-7,11,13H,8-9H2,1-2H3;1H. The molecule has 0 saturated carbocycles. The van der Waals surface area contributed by atoms with Crippen molar-refractivity contribution in [3.63, 3.8) is 0 Å². The highest BCUT2D eigenvalue weighted by atomic mass is 79.9. The molecule has 0 aliphatic heterocycles. The van der Waals surface area contributed by atoms with E-state index in [0.717, 1.165) is 6.54 Å². The zero-order valence-electron chi connectivity index (χ0n) is 8.68. The number of benzene rings is 1. The largest absolute Gasteiger partial charge is 0.396 e. The molecule has 1 rings (SSSR count). The van der Waals surface area contributed by atoms with Crippen molar-refractivity contribution in [3.8, 4) is 0 Å². The van der Waals surface area contributed by atoms with Gasteiger partial charge in [0.05, 0.1) is 6.61 Å². The van der Waals surface area contributed by atoms with E-state index < -0.39 is 0 Å². The van der Waals surface area contributed by atoms with Crippen LogP contribution in [0.3, 0.4) is 0 Å². The van der Waals surface area contributed by atoms with Gasteiger partial charge in [0.25, 0.3) is 0 Å². The monoisotopic (exact) mass is 259 g/mol. The first kappa shape index (κ1) is 13.6. The Morgan fingerprint density at radius 2 is 1.79 bits per heavy atom. The van der Waals surface area contributed by atoms with Crippen molar-refractivity contribution in [2.24, 2.45) is 0 Å². The summed E-state index contributed by atoms with van der Waals surface area (Å²) in [7, 11) is 4.04. The normalized spacial score (nSPS) is 12.3. The van der Waals surface area contributed by atoms with Gasteiger partial charge in [0, 0.05) is 12.5 Å². The fourth-order valence-corrected chi connectivity index (χ4v) is 1.43. The second kappa shape index (κ2) is 6.98. The molecule has 1 aromatic rings. The van der Waals surface area contributed by atoms with E-state index in [2.05, 4.69) is 17.0 Å². The average molecular weight is 260 g/mol. The maximum absolute atomic E-state index is 9.20. The van der Waals surface area contributed by atoms with Gasteiger partial charge >= 0.3 is 0 Å². The van der Waals surface area contributed by atoms with Crippen LogP contribution in [0.25, 0.3) is 0 Å². The molecule has 80 valence electrons. The molecule has 0 aliphatic rings. The van der Waals surface area contributed by atoms with E-state index in [4.69, 9.17) is 0 Å². The molecule has 0 bridgehead atoms. The topological polar surface area (TPSA) is 23.5 Å². The number of rotatable bonds is 4. The van der Waals surface area contributed by atoms with E-state index in [0.29, 0.717) is 0 Å². The predicted molar refractivity (Wildman–Crippen MR) is 65.1 cm³/mol. The minimum atomic E-state index is 0. The fraction of sp³-hybridized carbons (Fsp3) is 0.455. The molecule has 3 heteroatoms. The minimum Gasteiger partial charge on any atom is -0.396 e. The van der Waals surface area contributed by atoms with Gasteiger partial charge in [-0.05, 0) is 19.7 Å². The zero-order valence-corrected chi connectivity index (χ0v) is 10.4. The number of hydrogen-bond acceptors (Lipinski definition) is 2. The van der Waals surface area contributed by atoms with Crippen LogP contribution in [0.4, 0.5) is 0 Å². The molecule has 0 aromatic heterocycles. The van der Waals surface area contributed by atoms with Crippen molar-refractivity contribution in [1.82, 2.24) is 4.90 Å². The van der Waals surface area contributed by atoms with Gasteiger partial charge in [0.1, 0.15) is 0 Å². The van der Waals surface area contributed by atoms with E-state index in [1.54, 1.807) is 0 Å². The van der Waals surface area contributed by atoms with Crippen LogP contribution in [0.15, 0.2) is 30.3 Å². The Labute approximate surface area is 96.3 Å². The lowest BCUT2D eigenvalue weighted by molar-refractivity contribution is 0.235. The van der Waals surface area contributed by atoms with E-state index in [1.807, 2.05) is 32.3 Å². The van der Waals surface area contributed by atoms with Crippen LogP contribution in [0, 0.1) is 0 Å². The SMILES string of the molecule is Br.CN(C)CC(CO)c1ccccc1. The molecule has 1 aromatic carbocycles. The molecule has 1 unspecified atom stereocenters. The summed E-state index contributed by atoms with van der Waals surface area (Å²) in [5, 5.41) is 9.20.